The summed E-state index contributed by atoms with van der Waals surface area (Å²) in [5.41, 5.74) is 2.98. The molecule has 5 rings (SSSR count). The van der Waals surface area contributed by atoms with Gasteiger partial charge in [0.25, 0.3) is 15.9 Å². The molecule has 0 radical (unpaired) electrons. The number of benzene rings is 4. The Bertz CT molecular complexity index is 1600. The molecule has 6 nitrogen and oxygen atoms in total. The van der Waals surface area contributed by atoms with E-state index in [-0.39, 0.29) is 16.1 Å². The number of rotatable bonds is 7. The Morgan fingerprint density at radius 3 is 2.03 bits per heavy atom. The number of anilines is 2. The number of hydrogen-bond acceptors (Lipinski definition) is 5. The van der Waals surface area contributed by atoms with Gasteiger partial charge >= 0.3 is 0 Å². The minimum absolute atomic E-state index is 0.0343. The van der Waals surface area contributed by atoms with E-state index >= 15 is 0 Å². The predicted octanol–water partition coefficient (Wildman–Crippen LogP) is 7.18. The van der Waals surface area contributed by atoms with Crippen LogP contribution in [0.25, 0.3) is 21.7 Å². The van der Waals surface area contributed by atoms with Crippen molar-refractivity contribution >= 4 is 49.7 Å². The first kappa shape index (κ1) is 24.7. The molecule has 0 fully saturated rings. The molecular formula is C28H20ClN3O3S2. The first-order valence-electron chi connectivity index (χ1n) is 11.2. The van der Waals surface area contributed by atoms with Crippen LogP contribution in [0.1, 0.15) is 10.4 Å². The van der Waals surface area contributed by atoms with Crippen LogP contribution < -0.4 is 10.0 Å². The monoisotopic (exact) mass is 545 g/mol. The van der Waals surface area contributed by atoms with E-state index in [4.69, 9.17) is 16.6 Å². The third kappa shape index (κ3) is 5.56. The maximum Gasteiger partial charge on any atom is 0.261 e. The highest BCUT2D eigenvalue weighted by Gasteiger charge is 2.21. The van der Waals surface area contributed by atoms with Crippen molar-refractivity contribution in [3.8, 4) is 21.7 Å². The molecule has 1 amide bonds. The Balaban J connectivity index is 1.46. The van der Waals surface area contributed by atoms with E-state index in [0.717, 1.165) is 21.7 Å². The van der Waals surface area contributed by atoms with E-state index < -0.39 is 15.9 Å². The van der Waals surface area contributed by atoms with Crippen molar-refractivity contribution in [3.63, 3.8) is 0 Å². The molecular weight excluding hydrogens is 526 g/mol. The minimum Gasteiger partial charge on any atom is -0.298 e. The van der Waals surface area contributed by atoms with E-state index in [1.165, 1.54) is 41.7 Å². The van der Waals surface area contributed by atoms with Gasteiger partial charge in [0.1, 0.15) is 0 Å². The van der Waals surface area contributed by atoms with Crippen molar-refractivity contribution in [2.45, 2.75) is 4.90 Å². The van der Waals surface area contributed by atoms with E-state index in [1.54, 1.807) is 18.2 Å². The number of carbonyl (C=O) groups excluding carboxylic acids is 1. The number of para-hydroxylation sites is 1. The molecule has 0 spiro atoms. The molecule has 4 aromatic carbocycles. The molecule has 0 aliphatic heterocycles. The van der Waals surface area contributed by atoms with Gasteiger partial charge in [-0.25, -0.2) is 13.4 Å². The van der Waals surface area contributed by atoms with Crippen LogP contribution in [-0.4, -0.2) is 19.3 Å². The lowest BCUT2D eigenvalue weighted by Crippen LogP contribution is -2.18. The smallest absolute Gasteiger partial charge is 0.261 e. The summed E-state index contributed by atoms with van der Waals surface area (Å²) in [6.45, 7) is 0. The fourth-order valence-electron chi connectivity index (χ4n) is 3.70. The van der Waals surface area contributed by atoms with Crippen LogP contribution in [-0.2, 0) is 10.0 Å². The van der Waals surface area contributed by atoms with Crippen LogP contribution in [0.15, 0.2) is 114 Å². The zero-order valence-corrected chi connectivity index (χ0v) is 21.6. The Morgan fingerprint density at radius 2 is 1.35 bits per heavy atom. The molecule has 0 aliphatic carbocycles. The van der Waals surface area contributed by atoms with Crippen LogP contribution in [0.5, 0.6) is 0 Å². The number of hydrogen-bond donors (Lipinski definition) is 2. The first-order valence-corrected chi connectivity index (χ1v) is 13.9. The molecule has 0 aliphatic rings. The summed E-state index contributed by atoms with van der Waals surface area (Å²) in [5.74, 6) is -0.484. The topological polar surface area (TPSA) is 88.2 Å². The van der Waals surface area contributed by atoms with Crippen molar-refractivity contribution in [2.24, 2.45) is 0 Å². The van der Waals surface area contributed by atoms with E-state index in [1.807, 2.05) is 60.7 Å². The molecule has 0 saturated heterocycles. The highest BCUT2D eigenvalue weighted by Crippen LogP contribution is 2.39. The first-order chi connectivity index (χ1) is 17.9. The molecule has 9 heteroatoms. The van der Waals surface area contributed by atoms with Gasteiger partial charge in [-0.15, -0.1) is 0 Å². The highest BCUT2D eigenvalue weighted by atomic mass is 35.5. The fraction of sp³-hybridized carbons (Fsp3) is 0. The van der Waals surface area contributed by atoms with Crippen molar-refractivity contribution in [2.75, 3.05) is 10.0 Å². The minimum atomic E-state index is -3.94. The summed E-state index contributed by atoms with van der Waals surface area (Å²) in [6.07, 6.45) is 0. The van der Waals surface area contributed by atoms with Gasteiger partial charge in [0.15, 0.2) is 5.13 Å². The van der Waals surface area contributed by atoms with Crippen LogP contribution in [0.3, 0.4) is 0 Å². The predicted molar refractivity (Wildman–Crippen MR) is 150 cm³/mol. The number of aromatic nitrogens is 1. The van der Waals surface area contributed by atoms with Gasteiger partial charge in [-0.05, 0) is 42.0 Å². The number of nitrogens with zero attached hydrogens (tertiary/aromatic N) is 1. The van der Waals surface area contributed by atoms with Gasteiger partial charge in [-0.3, -0.25) is 14.8 Å². The maximum atomic E-state index is 13.3. The Hall–Kier alpha value is -3.98. The Labute approximate surface area is 223 Å². The molecule has 0 unspecified atom stereocenters. The summed E-state index contributed by atoms with van der Waals surface area (Å²) in [4.78, 5) is 19.0. The van der Waals surface area contributed by atoms with E-state index in [2.05, 4.69) is 10.0 Å². The van der Waals surface area contributed by atoms with Crippen LogP contribution in [0.4, 0.5) is 10.8 Å². The lowest BCUT2D eigenvalue weighted by atomic mass is 10.1. The van der Waals surface area contributed by atoms with E-state index in [9.17, 15) is 13.2 Å². The van der Waals surface area contributed by atoms with Crippen molar-refractivity contribution in [1.82, 2.24) is 4.98 Å². The number of sulfonamides is 1. The standard InChI is InChI=1S/C28H20ClN3O3S2/c29-21-15-17-22(18-16-21)37(34,35)32-24-14-8-7-13-23(24)27(33)31-28-30-25(19-9-3-1-4-10-19)26(36-28)20-11-5-2-6-12-20/h1-18,32H,(H,30,31,33). The lowest BCUT2D eigenvalue weighted by Gasteiger charge is -2.12. The summed E-state index contributed by atoms with van der Waals surface area (Å²) < 4.78 is 28.3. The van der Waals surface area contributed by atoms with Crippen molar-refractivity contribution in [3.05, 3.63) is 120 Å². The second kappa shape index (κ2) is 10.6. The zero-order valence-electron chi connectivity index (χ0n) is 19.3. The molecule has 184 valence electrons. The Morgan fingerprint density at radius 1 is 0.757 bits per heavy atom. The van der Waals surface area contributed by atoms with E-state index in [0.29, 0.717) is 10.2 Å². The second-order valence-electron chi connectivity index (χ2n) is 7.99. The zero-order chi connectivity index (χ0) is 25.8. The molecule has 5 aromatic rings. The van der Waals surface area contributed by atoms with Gasteiger partial charge in [0, 0.05) is 10.6 Å². The second-order valence-corrected chi connectivity index (χ2v) is 11.1. The SMILES string of the molecule is O=C(Nc1nc(-c2ccccc2)c(-c2ccccc2)s1)c1ccccc1NS(=O)(=O)c1ccc(Cl)cc1. The summed E-state index contributed by atoms with van der Waals surface area (Å²) >= 11 is 7.24. The van der Waals surface area contributed by atoms with Crippen LogP contribution in [0.2, 0.25) is 5.02 Å². The molecule has 2 N–H and O–H groups in total. The normalized spacial score (nSPS) is 11.2. The number of thiazole rings is 1. The number of amides is 1. The quantitative estimate of drug-likeness (QED) is 0.227. The molecule has 1 heterocycles. The number of nitrogens with one attached hydrogen (secondary N) is 2. The van der Waals surface area contributed by atoms with Crippen LogP contribution >= 0.6 is 22.9 Å². The van der Waals surface area contributed by atoms with Crippen LogP contribution in [0, 0.1) is 0 Å². The molecule has 0 saturated carbocycles. The van der Waals surface area contributed by atoms with Crippen molar-refractivity contribution in [1.29, 1.82) is 0 Å². The third-order valence-electron chi connectivity index (χ3n) is 5.47. The van der Waals surface area contributed by atoms with Crippen molar-refractivity contribution < 1.29 is 13.2 Å². The average Bonchev–Trinajstić information content (AvgIpc) is 3.34. The maximum absolute atomic E-state index is 13.3. The highest BCUT2D eigenvalue weighted by molar-refractivity contribution is 7.92. The van der Waals surface area contributed by atoms with Gasteiger partial charge in [0.05, 0.1) is 26.7 Å². The van der Waals surface area contributed by atoms with Gasteiger partial charge < -0.3 is 0 Å². The van der Waals surface area contributed by atoms with Gasteiger partial charge in [0.2, 0.25) is 0 Å². The Kier molecular flexibility index (Phi) is 7.05. The fourth-order valence-corrected chi connectivity index (χ4v) is 5.90. The lowest BCUT2D eigenvalue weighted by molar-refractivity contribution is 0.102. The summed E-state index contributed by atoms with van der Waals surface area (Å²) in [6, 6.07) is 31.8. The molecule has 0 atom stereocenters. The number of halogens is 1. The van der Waals surface area contributed by atoms with Gasteiger partial charge in [-0.2, -0.15) is 0 Å². The average molecular weight is 546 g/mol. The number of carbonyl (C=O) groups is 1. The largest absolute Gasteiger partial charge is 0.298 e. The molecule has 1 aromatic heterocycles. The molecule has 0 bridgehead atoms. The summed E-state index contributed by atoms with van der Waals surface area (Å²) in [5, 5.41) is 3.67. The molecule has 37 heavy (non-hydrogen) atoms. The van der Waals surface area contributed by atoms with Gasteiger partial charge in [-0.1, -0.05) is 95.7 Å². The summed E-state index contributed by atoms with van der Waals surface area (Å²) in [7, 11) is -3.94. The third-order valence-corrected chi connectivity index (χ3v) is 8.12.